The fourth-order valence-corrected chi connectivity index (χ4v) is 4.85. The van der Waals surface area contributed by atoms with Crippen molar-refractivity contribution in [2.45, 2.75) is 65.5 Å². The van der Waals surface area contributed by atoms with Gasteiger partial charge in [0.2, 0.25) is 0 Å². The van der Waals surface area contributed by atoms with Crippen molar-refractivity contribution in [2.24, 2.45) is 10.9 Å². The molecule has 0 aliphatic carbocycles. The number of hydrogen-bond donors (Lipinski definition) is 2. The number of rotatable bonds is 11. The van der Waals surface area contributed by atoms with Crippen LogP contribution >= 0.6 is 11.3 Å². The van der Waals surface area contributed by atoms with Gasteiger partial charge in [-0.2, -0.15) is 0 Å². The predicted octanol–water partition coefficient (Wildman–Crippen LogP) is 3.71. The van der Waals surface area contributed by atoms with Crippen molar-refractivity contribution in [3.05, 3.63) is 34.5 Å². The molecule has 1 atom stereocenters. The van der Waals surface area contributed by atoms with E-state index < -0.39 is 0 Å². The summed E-state index contributed by atoms with van der Waals surface area (Å²) in [4.78, 5) is 8.86. The minimum absolute atomic E-state index is 0.288. The maximum Gasteiger partial charge on any atom is 0.191 e. The summed E-state index contributed by atoms with van der Waals surface area (Å²) in [6, 6.07) is 4.61. The molecule has 1 saturated heterocycles. The lowest BCUT2D eigenvalue weighted by atomic mass is 9.99. The van der Waals surface area contributed by atoms with Crippen molar-refractivity contribution in [1.82, 2.24) is 30.3 Å². The van der Waals surface area contributed by atoms with Crippen LogP contribution in [0.1, 0.15) is 63.2 Å². The van der Waals surface area contributed by atoms with Crippen LogP contribution in [0.4, 0.5) is 0 Å². The molecule has 172 valence electrons. The highest BCUT2D eigenvalue weighted by atomic mass is 32.1. The number of nitrogens with one attached hydrogen (secondary N) is 2. The van der Waals surface area contributed by atoms with Crippen LogP contribution in [0.2, 0.25) is 0 Å². The van der Waals surface area contributed by atoms with Crippen molar-refractivity contribution in [3.8, 4) is 0 Å². The van der Waals surface area contributed by atoms with Crippen LogP contribution < -0.4 is 10.6 Å². The molecule has 3 heterocycles. The van der Waals surface area contributed by atoms with Crippen molar-refractivity contribution < 1.29 is 0 Å². The molecular weight excluding hydrogens is 406 g/mol. The van der Waals surface area contributed by atoms with Gasteiger partial charge in [0.05, 0.1) is 6.04 Å². The number of aryl methyl sites for hydroxylation is 1. The number of aromatic nitrogens is 3. The van der Waals surface area contributed by atoms with Crippen LogP contribution in [0.25, 0.3) is 0 Å². The highest BCUT2D eigenvalue weighted by Gasteiger charge is 2.15. The van der Waals surface area contributed by atoms with Crippen LogP contribution in [-0.4, -0.2) is 58.3 Å². The van der Waals surface area contributed by atoms with Gasteiger partial charge in [0.1, 0.15) is 12.2 Å². The van der Waals surface area contributed by atoms with Gasteiger partial charge in [-0.3, -0.25) is 4.99 Å². The maximum absolute atomic E-state index is 4.91. The standard InChI is InChI=1S/C23H39N7S/c1-4-20(21-8-6-17-31-21)27-23(25-12-16-30-18-26-28-22(30)5-2)24-11-7-13-29-14-9-19(3)10-15-29/h6,8,17-20H,4-5,7,9-16H2,1-3H3,(H2,24,25,27). The van der Waals surface area contributed by atoms with E-state index in [0.29, 0.717) is 0 Å². The van der Waals surface area contributed by atoms with Gasteiger partial charge in [-0.1, -0.05) is 26.8 Å². The summed E-state index contributed by atoms with van der Waals surface area (Å²) < 4.78 is 2.11. The average Bonchev–Trinajstić information content (AvgIpc) is 3.47. The third-order valence-corrected chi connectivity index (χ3v) is 7.03. The van der Waals surface area contributed by atoms with E-state index in [1.54, 1.807) is 11.3 Å². The van der Waals surface area contributed by atoms with Crippen molar-refractivity contribution in [1.29, 1.82) is 0 Å². The fourth-order valence-electron chi connectivity index (χ4n) is 3.99. The maximum atomic E-state index is 4.91. The Morgan fingerprint density at radius 2 is 2.13 bits per heavy atom. The average molecular weight is 446 g/mol. The molecule has 2 aromatic heterocycles. The van der Waals surface area contributed by atoms with Gasteiger partial charge in [0.25, 0.3) is 0 Å². The molecule has 1 unspecified atom stereocenters. The van der Waals surface area contributed by atoms with Gasteiger partial charge in [-0.15, -0.1) is 21.5 Å². The van der Waals surface area contributed by atoms with Crippen LogP contribution in [0, 0.1) is 5.92 Å². The van der Waals surface area contributed by atoms with E-state index in [-0.39, 0.29) is 6.04 Å². The zero-order valence-corrected chi connectivity index (χ0v) is 20.2. The first-order chi connectivity index (χ1) is 15.2. The van der Waals surface area contributed by atoms with Crippen molar-refractivity contribution in [2.75, 3.05) is 32.7 Å². The summed E-state index contributed by atoms with van der Waals surface area (Å²) in [6.45, 7) is 12.8. The number of thiophene rings is 1. The molecule has 31 heavy (non-hydrogen) atoms. The first-order valence-corrected chi connectivity index (χ1v) is 12.7. The summed E-state index contributed by atoms with van der Waals surface area (Å²) >= 11 is 1.80. The minimum atomic E-state index is 0.288. The molecule has 8 heteroatoms. The molecule has 0 radical (unpaired) electrons. The van der Waals surface area contributed by atoms with Crippen molar-refractivity contribution in [3.63, 3.8) is 0 Å². The molecule has 3 rings (SSSR count). The molecule has 7 nitrogen and oxygen atoms in total. The van der Waals surface area contributed by atoms with Crippen LogP contribution in [-0.2, 0) is 13.0 Å². The van der Waals surface area contributed by atoms with Gasteiger partial charge in [0, 0.05) is 30.9 Å². The predicted molar refractivity (Wildman–Crippen MR) is 130 cm³/mol. The minimum Gasteiger partial charge on any atom is -0.355 e. The summed E-state index contributed by atoms with van der Waals surface area (Å²) in [5.41, 5.74) is 0. The van der Waals surface area contributed by atoms with E-state index >= 15 is 0 Å². The molecule has 2 N–H and O–H groups in total. The highest BCUT2D eigenvalue weighted by Crippen LogP contribution is 2.21. The van der Waals surface area contributed by atoms with E-state index in [1.165, 1.54) is 30.8 Å². The van der Waals surface area contributed by atoms with Gasteiger partial charge < -0.3 is 20.1 Å². The van der Waals surface area contributed by atoms with Crippen LogP contribution in [0.15, 0.2) is 28.8 Å². The topological polar surface area (TPSA) is 70.4 Å². The Morgan fingerprint density at radius 1 is 1.29 bits per heavy atom. The third-order valence-electron chi connectivity index (χ3n) is 6.04. The second-order valence-corrected chi connectivity index (χ2v) is 9.43. The molecule has 0 spiro atoms. The molecule has 0 aromatic carbocycles. The number of guanidine groups is 1. The summed E-state index contributed by atoms with van der Waals surface area (Å²) in [5, 5.41) is 17.5. The fraction of sp³-hybridized carbons (Fsp3) is 0.696. The molecule has 1 aliphatic heterocycles. The Labute approximate surface area is 191 Å². The van der Waals surface area contributed by atoms with E-state index in [0.717, 1.165) is 63.1 Å². The second kappa shape index (κ2) is 12.8. The number of likely N-dealkylation sites (tertiary alicyclic amines) is 1. The summed E-state index contributed by atoms with van der Waals surface area (Å²) in [5.74, 6) is 2.81. The zero-order chi connectivity index (χ0) is 21.9. The third kappa shape index (κ3) is 7.61. The zero-order valence-electron chi connectivity index (χ0n) is 19.4. The Bertz CT molecular complexity index is 763. The monoisotopic (exact) mass is 445 g/mol. The lowest BCUT2D eigenvalue weighted by Gasteiger charge is -2.29. The number of nitrogens with zero attached hydrogens (tertiary/aromatic N) is 5. The van der Waals surface area contributed by atoms with Gasteiger partial charge >= 0.3 is 0 Å². The van der Waals surface area contributed by atoms with E-state index in [1.807, 2.05) is 6.33 Å². The molecule has 1 aliphatic rings. The van der Waals surface area contributed by atoms with Crippen LogP contribution in [0.3, 0.4) is 0 Å². The quantitative estimate of drug-likeness (QED) is 0.313. The smallest absolute Gasteiger partial charge is 0.191 e. The van der Waals surface area contributed by atoms with E-state index in [4.69, 9.17) is 4.99 Å². The molecule has 0 amide bonds. The Morgan fingerprint density at radius 3 is 2.84 bits per heavy atom. The molecule has 2 aromatic rings. The number of piperidine rings is 1. The molecule has 0 bridgehead atoms. The second-order valence-electron chi connectivity index (χ2n) is 8.45. The first-order valence-electron chi connectivity index (χ1n) is 11.9. The number of hydrogen-bond acceptors (Lipinski definition) is 5. The van der Waals surface area contributed by atoms with Gasteiger partial charge in [-0.25, -0.2) is 0 Å². The molecular formula is C23H39N7S. The highest BCUT2D eigenvalue weighted by molar-refractivity contribution is 7.10. The summed E-state index contributed by atoms with van der Waals surface area (Å²) in [6.07, 6.45) is 7.50. The Balaban J connectivity index is 1.53. The lowest BCUT2D eigenvalue weighted by Crippen LogP contribution is -2.41. The molecule has 1 fully saturated rings. The Hall–Kier alpha value is -1.93. The Kier molecular flexibility index (Phi) is 9.81. The van der Waals surface area contributed by atoms with Gasteiger partial charge in [-0.05, 0) is 62.7 Å². The first kappa shape index (κ1) is 23.7. The number of aliphatic imine (C=N–C) groups is 1. The van der Waals surface area contributed by atoms with E-state index in [9.17, 15) is 0 Å². The summed E-state index contributed by atoms with van der Waals surface area (Å²) in [7, 11) is 0. The SMILES string of the molecule is CCc1nncn1CCNC(=NCCCN1CCC(C)CC1)NC(CC)c1cccs1. The van der Waals surface area contributed by atoms with Crippen molar-refractivity contribution >= 4 is 17.3 Å². The largest absolute Gasteiger partial charge is 0.355 e. The molecule has 0 saturated carbocycles. The lowest BCUT2D eigenvalue weighted by molar-refractivity contribution is 0.191. The normalized spacial score (nSPS) is 17.1. The van der Waals surface area contributed by atoms with Crippen LogP contribution in [0.5, 0.6) is 0 Å². The van der Waals surface area contributed by atoms with E-state index in [2.05, 4.69) is 68.6 Å². The van der Waals surface area contributed by atoms with Gasteiger partial charge in [0.15, 0.2) is 5.96 Å².